The molecule has 0 radical (unpaired) electrons. The Bertz CT molecular complexity index is 898. The number of hydrogen-bond donors (Lipinski definition) is 1. The van der Waals surface area contributed by atoms with Crippen LogP contribution in [-0.4, -0.2) is 40.3 Å². The number of carbonyl (C=O) groups is 1. The van der Waals surface area contributed by atoms with Crippen molar-refractivity contribution in [2.24, 2.45) is 0 Å². The molecule has 146 valence electrons. The van der Waals surface area contributed by atoms with Gasteiger partial charge in [0.2, 0.25) is 15.9 Å². The highest BCUT2D eigenvalue weighted by atomic mass is 79.9. The number of nitrogens with one attached hydrogen (secondary N) is 1. The van der Waals surface area contributed by atoms with Crippen LogP contribution in [0.5, 0.6) is 5.75 Å². The van der Waals surface area contributed by atoms with E-state index in [1.54, 1.807) is 24.3 Å². The predicted molar refractivity (Wildman–Crippen MR) is 111 cm³/mol. The molecule has 0 aromatic heterocycles. The molecular formula is C19H23BrN2O4S. The van der Waals surface area contributed by atoms with Crippen molar-refractivity contribution in [2.75, 3.05) is 30.3 Å². The van der Waals surface area contributed by atoms with Crippen LogP contribution >= 0.6 is 15.9 Å². The van der Waals surface area contributed by atoms with E-state index in [2.05, 4.69) is 21.2 Å². The van der Waals surface area contributed by atoms with Crippen molar-refractivity contribution >= 4 is 37.5 Å². The van der Waals surface area contributed by atoms with Crippen LogP contribution in [0.15, 0.2) is 46.9 Å². The lowest BCUT2D eigenvalue weighted by Gasteiger charge is -2.22. The Labute approximate surface area is 168 Å². The number of benzene rings is 2. The Kier molecular flexibility index (Phi) is 7.26. The van der Waals surface area contributed by atoms with Gasteiger partial charge in [-0.2, -0.15) is 0 Å². The number of amides is 1. The Morgan fingerprint density at radius 2 is 1.81 bits per heavy atom. The van der Waals surface area contributed by atoms with Crippen molar-refractivity contribution in [1.82, 2.24) is 5.32 Å². The van der Waals surface area contributed by atoms with Crippen LogP contribution in [0.25, 0.3) is 0 Å². The number of hydrogen-bond acceptors (Lipinski definition) is 4. The van der Waals surface area contributed by atoms with E-state index >= 15 is 0 Å². The van der Waals surface area contributed by atoms with Crippen molar-refractivity contribution < 1.29 is 17.9 Å². The van der Waals surface area contributed by atoms with Crippen LogP contribution in [0, 0.1) is 13.8 Å². The summed E-state index contributed by atoms with van der Waals surface area (Å²) in [5, 5.41) is 2.69. The summed E-state index contributed by atoms with van der Waals surface area (Å²) in [5.74, 6) is 0.379. The van der Waals surface area contributed by atoms with Crippen molar-refractivity contribution in [3.05, 3.63) is 58.1 Å². The lowest BCUT2D eigenvalue weighted by Crippen LogP contribution is -2.41. The maximum absolute atomic E-state index is 12.2. The molecule has 6 nitrogen and oxygen atoms in total. The molecular weight excluding hydrogens is 432 g/mol. The van der Waals surface area contributed by atoms with Gasteiger partial charge in [0, 0.05) is 4.47 Å². The molecule has 1 N–H and O–H groups in total. The van der Waals surface area contributed by atoms with E-state index in [1.807, 2.05) is 32.0 Å². The molecule has 0 unspecified atom stereocenters. The molecule has 0 bridgehead atoms. The zero-order valence-corrected chi connectivity index (χ0v) is 17.9. The van der Waals surface area contributed by atoms with Crippen LogP contribution in [0.2, 0.25) is 0 Å². The molecule has 2 aromatic rings. The first-order valence-electron chi connectivity index (χ1n) is 8.37. The minimum atomic E-state index is -3.58. The lowest BCUT2D eigenvalue weighted by molar-refractivity contribution is -0.119. The SMILES string of the molecule is Cc1ccc(C)c(OCCNC(=O)CN(c2ccc(Br)cc2)S(C)(=O)=O)c1. The van der Waals surface area contributed by atoms with Crippen molar-refractivity contribution in [3.8, 4) is 5.75 Å². The van der Waals surface area contributed by atoms with Crippen LogP contribution in [0.1, 0.15) is 11.1 Å². The summed E-state index contributed by atoms with van der Waals surface area (Å²) in [6, 6.07) is 12.7. The second-order valence-electron chi connectivity index (χ2n) is 6.21. The second-order valence-corrected chi connectivity index (χ2v) is 9.04. The highest BCUT2D eigenvalue weighted by Crippen LogP contribution is 2.21. The summed E-state index contributed by atoms with van der Waals surface area (Å²) in [4.78, 5) is 12.2. The number of aryl methyl sites for hydroxylation is 2. The lowest BCUT2D eigenvalue weighted by atomic mass is 10.1. The molecule has 1 amide bonds. The van der Waals surface area contributed by atoms with Gasteiger partial charge in [0.05, 0.1) is 18.5 Å². The molecule has 0 fully saturated rings. The van der Waals surface area contributed by atoms with Gasteiger partial charge in [-0.1, -0.05) is 28.1 Å². The standard InChI is InChI=1S/C19H23BrN2O4S/c1-14-4-5-15(2)18(12-14)26-11-10-21-19(23)13-22(27(3,24)25)17-8-6-16(20)7-9-17/h4-9,12H,10-11,13H2,1-3H3,(H,21,23). The van der Waals surface area contributed by atoms with Gasteiger partial charge in [-0.05, 0) is 55.3 Å². The Morgan fingerprint density at radius 1 is 1.15 bits per heavy atom. The number of carbonyl (C=O) groups excluding carboxylic acids is 1. The largest absolute Gasteiger partial charge is 0.491 e. The van der Waals surface area contributed by atoms with Crippen LogP contribution in [0.4, 0.5) is 5.69 Å². The van der Waals surface area contributed by atoms with E-state index in [-0.39, 0.29) is 13.1 Å². The average molecular weight is 455 g/mol. The average Bonchev–Trinajstić information content (AvgIpc) is 2.59. The maximum atomic E-state index is 12.2. The first-order chi connectivity index (χ1) is 12.7. The molecule has 8 heteroatoms. The van der Waals surface area contributed by atoms with E-state index in [0.29, 0.717) is 12.3 Å². The van der Waals surface area contributed by atoms with Gasteiger partial charge < -0.3 is 10.1 Å². The summed E-state index contributed by atoms with van der Waals surface area (Å²) >= 11 is 3.31. The molecule has 0 aliphatic heterocycles. The Morgan fingerprint density at radius 3 is 2.44 bits per heavy atom. The highest BCUT2D eigenvalue weighted by molar-refractivity contribution is 9.10. The highest BCUT2D eigenvalue weighted by Gasteiger charge is 2.20. The zero-order valence-electron chi connectivity index (χ0n) is 15.5. The Hall–Kier alpha value is -2.06. The molecule has 0 heterocycles. The smallest absolute Gasteiger partial charge is 0.240 e. The molecule has 2 rings (SSSR count). The number of nitrogens with zero attached hydrogens (tertiary/aromatic N) is 1. The van der Waals surface area contributed by atoms with Crippen molar-refractivity contribution in [2.45, 2.75) is 13.8 Å². The van der Waals surface area contributed by atoms with Crippen LogP contribution in [-0.2, 0) is 14.8 Å². The number of anilines is 1. The van der Waals surface area contributed by atoms with Gasteiger partial charge in [-0.3, -0.25) is 9.10 Å². The van der Waals surface area contributed by atoms with Crippen LogP contribution in [0.3, 0.4) is 0 Å². The number of halogens is 1. The third kappa shape index (κ3) is 6.55. The topological polar surface area (TPSA) is 75.7 Å². The molecule has 27 heavy (non-hydrogen) atoms. The number of sulfonamides is 1. The van der Waals surface area contributed by atoms with E-state index < -0.39 is 15.9 Å². The third-order valence-electron chi connectivity index (χ3n) is 3.83. The minimum absolute atomic E-state index is 0.282. The summed E-state index contributed by atoms with van der Waals surface area (Å²) < 4.78 is 31.7. The third-order valence-corrected chi connectivity index (χ3v) is 5.50. The summed E-state index contributed by atoms with van der Waals surface area (Å²) in [5.41, 5.74) is 2.55. The molecule has 2 aromatic carbocycles. The predicted octanol–water partition coefficient (Wildman–Crippen LogP) is 3.03. The molecule has 0 spiro atoms. The van der Waals surface area contributed by atoms with E-state index in [0.717, 1.165) is 31.9 Å². The molecule has 0 aliphatic carbocycles. The monoisotopic (exact) mass is 454 g/mol. The first kappa shape index (κ1) is 21.2. The van der Waals surface area contributed by atoms with Gasteiger partial charge in [0.25, 0.3) is 0 Å². The van der Waals surface area contributed by atoms with E-state index in [1.165, 1.54) is 0 Å². The van der Waals surface area contributed by atoms with Crippen LogP contribution < -0.4 is 14.4 Å². The van der Waals surface area contributed by atoms with Crippen molar-refractivity contribution in [3.63, 3.8) is 0 Å². The fourth-order valence-corrected chi connectivity index (χ4v) is 3.53. The maximum Gasteiger partial charge on any atom is 0.240 e. The first-order valence-corrected chi connectivity index (χ1v) is 11.0. The van der Waals surface area contributed by atoms with Gasteiger partial charge >= 0.3 is 0 Å². The van der Waals surface area contributed by atoms with Crippen molar-refractivity contribution in [1.29, 1.82) is 0 Å². The fourth-order valence-electron chi connectivity index (χ4n) is 2.41. The number of rotatable bonds is 8. The molecule has 0 atom stereocenters. The second kappa shape index (κ2) is 9.23. The van der Waals surface area contributed by atoms with E-state index in [9.17, 15) is 13.2 Å². The summed E-state index contributed by atoms with van der Waals surface area (Å²) in [7, 11) is -3.58. The summed E-state index contributed by atoms with van der Waals surface area (Å²) in [6.07, 6.45) is 1.08. The fraction of sp³-hybridized carbons (Fsp3) is 0.316. The zero-order chi connectivity index (χ0) is 20.0. The summed E-state index contributed by atoms with van der Waals surface area (Å²) in [6.45, 7) is 4.23. The van der Waals surface area contributed by atoms with Gasteiger partial charge in [-0.25, -0.2) is 8.42 Å². The molecule has 0 aliphatic rings. The molecule has 0 saturated heterocycles. The van der Waals surface area contributed by atoms with Gasteiger partial charge in [0.1, 0.15) is 18.9 Å². The minimum Gasteiger partial charge on any atom is -0.491 e. The van der Waals surface area contributed by atoms with E-state index in [4.69, 9.17) is 4.74 Å². The normalized spacial score (nSPS) is 11.1. The quantitative estimate of drug-likeness (QED) is 0.621. The molecule has 0 saturated carbocycles. The van der Waals surface area contributed by atoms with Gasteiger partial charge in [-0.15, -0.1) is 0 Å². The number of ether oxygens (including phenoxy) is 1. The Balaban J connectivity index is 1.90. The van der Waals surface area contributed by atoms with Gasteiger partial charge in [0.15, 0.2) is 0 Å².